The second-order valence-electron chi connectivity index (χ2n) is 9.88. The Morgan fingerprint density at radius 3 is 2.08 bits per heavy atom. The van der Waals surface area contributed by atoms with Crippen molar-refractivity contribution in [3.05, 3.63) is 127 Å². The van der Waals surface area contributed by atoms with Crippen LogP contribution in [0.5, 0.6) is 0 Å². The molecule has 0 aliphatic heterocycles. The van der Waals surface area contributed by atoms with Crippen molar-refractivity contribution in [1.82, 2.24) is 0 Å². The number of aromatic nitrogens is 1. The Kier molecular flexibility index (Phi) is 5.12. The average Bonchev–Trinajstić information content (AvgIpc) is 3.32. The quantitative estimate of drug-likeness (QED) is 0.224. The van der Waals surface area contributed by atoms with Crippen LogP contribution in [0, 0.1) is 12.7 Å². The lowest BCUT2D eigenvalue weighted by Crippen LogP contribution is -2.30. The largest absolute Gasteiger partial charge is 0.454 e. The summed E-state index contributed by atoms with van der Waals surface area (Å²) in [5, 5.41) is 4.08. The van der Waals surface area contributed by atoms with Crippen molar-refractivity contribution in [3.8, 4) is 33.5 Å². The van der Waals surface area contributed by atoms with Gasteiger partial charge in [-0.1, -0.05) is 78.9 Å². The van der Waals surface area contributed by atoms with Gasteiger partial charge in [-0.05, 0) is 58.7 Å². The normalized spacial score (nSPS) is 11.6. The Balaban J connectivity index is 1.46. The SMILES string of the molecule is Cc1ccc2c(oc3c(-c4ccc5ccccc5c4)c(F)ccc32)c1-c1ccc(-c2ccccc2)c[n+]1C. The highest BCUT2D eigenvalue weighted by Crippen LogP contribution is 2.42. The lowest BCUT2D eigenvalue weighted by molar-refractivity contribution is -0.659. The number of halogens is 1. The molecule has 3 heteroatoms. The number of nitrogens with zero attached hydrogens (tertiary/aromatic N) is 1. The first-order chi connectivity index (χ1) is 18.6. The molecule has 0 unspecified atom stereocenters. The molecule has 0 saturated carbocycles. The van der Waals surface area contributed by atoms with E-state index < -0.39 is 0 Å². The lowest BCUT2D eigenvalue weighted by Gasteiger charge is -2.07. The molecule has 0 saturated heterocycles. The van der Waals surface area contributed by atoms with Crippen LogP contribution in [-0.4, -0.2) is 0 Å². The minimum absolute atomic E-state index is 0.289. The highest BCUT2D eigenvalue weighted by molar-refractivity contribution is 6.13. The number of pyridine rings is 1. The molecule has 0 fully saturated rings. The van der Waals surface area contributed by atoms with E-state index in [9.17, 15) is 0 Å². The zero-order valence-electron chi connectivity index (χ0n) is 21.2. The first-order valence-electron chi connectivity index (χ1n) is 12.8. The van der Waals surface area contributed by atoms with Crippen molar-refractivity contribution in [2.24, 2.45) is 7.05 Å². The number of benzene rings is 5. The van der Waals surface area contributed by atoms with Gasteiger partial charge in [-0.2, -0.15) is 0 Å². The topological polar surface area (TPSA) is 17.0 Å². The summed E-state index contributed by atoms with van der Waals surface area (Å²) < 4.78 is 24.2. The summed E-state index contributed by atoms with van der Waals surface area (Å²) in [6.07, 6.45) is 2.14. The molecule has 0 atom stereocenters. The summed E-state index contributed by atoms with van der Waals surface area (Å²) in [4.78, 5) is 0. The maximum absolute atomic E-state index is 15.4. The summed E-state index contributed by atoms with van der Waals surface area (Å²) in [5.41, 5.74) is 8.13. The number of hydrogen-bond acceptors (Lipinski definition) is 1. The van der Waals surface area contributed by atoms with E-state index in [1.807, 2.05) is 42.5 Å². The van der Waals surface area contributed by atoms with Crippen LogP contribution >= 0.6 is 0 Å². The fourth-order valence-electron chi connectivity index (χ4n) is 5.58. The number of fused-ring (bicyclic) bond motifs is 4. The molecule has 0 N–H and O–H groups in total. The van der Waals surface area contributed by atoms with Crippen molar-refractivity contribution in [3.63, 3.8) is 0 Å². The van der Waals surface area contributed by atoms with Crippen LogP contribution in [0.1, 0.15) is 5.56 Å². The van der Waals surface area contributed by atoms with Crippen LogP contribution in [0.4, 0.5) is 4.39 Å². The van der Waals surface area contributed by atoms with Gasteiger partial charge in [-0.15, -0.1) is 0 Å². The zero-order chi connectivity index (χ0) is 25.8. The highest BCUT2D eigenvalue weighted by Gasteiger charge is 2.23. The van der Waals surface area contributed by atoms with Gasteiger partial charge in [-0.3, -0.25) is 0 Å². The van der Waals surface area contributed by atoms with Gasteiger partial charge < -0.3 is 4.42 Å². The molecule has 0 radical (unpaired) electrons. The monoisotopic (exact) mass is 494 g/mol. The summed E-state index contributed by atoms with van der Waals surface area (Å²) >= 11 is 0. The molecule has 0 aliphatic carbocycles. The van der Waals surface area contributed by atoms with E-state index in [1.165, 1.54) is 5.56 Å². The number of aryl methyl sites for hydroxylation is 2. The van der Waals surface area contributed by atoms with Gasteiger partial charge in [-0.25, -0.2) is 8.96 Å². The third kappa shape index (κ3) is 3.51. The van der Waals surface area contributed by atoms with Crippen LogP contribution in [0.25, 0.3) is 66.2 Å². The van der Waals surface area contributed by atoms with Gasteiger partial charge in [0.05, 0.1) is 11.1 Å². The van der Waals surface area contributed by atoms with Crippen molar-refractivity contribution in [1.29, 1.82) is 0 Å². The average molecular weight is 495 g/mol. The Bertz CT molecular complexity index is 2000. The molecule has 0 aliphatic rings. The number of rotatable bonds is 3. The lowest BCUT2D eigenvalue weighted by atomic mass is 9.97. The van der Waals surface area contributed by atoms with Gasteiger partial charge in [0.1, 0.15) is 24.0 Å². The van der Waals surface area contributed by atoms with Gasteiger partial charge in [0, 0.05) is 22.4 Å². The number of furan rings is 1. The molecule has 0 spiro atoms. The van der Waals surface area contributed by atoms with Gasteiger partial charge >= 0.3 is 0 Å². The zero-order valence-corrected chi connectivity index (χ0v) is 21.2. The van der Waals surface area contributed by atoms with E-state index in [4.69, 9.17) is 4.42 Å². The van der Waals surface area contributed by atoms with Gasteiger partial charge in [0.15, 0.2) is 6.20 Å². The minimum Gasteiger partial charge on any atom is -0.454 e. The Hall–Kier alpha value is -4.76. The van der Waals surface area contributed by atoms with Crippen molar-refractivity contribution >= 4 is 32.7 Å². The van der Waals surface area contributed by atoms with Crippen molar-refractivity contribution < 1.29 is 13.4 Å². The number of hydrogen-bond donors (Lipinski definition) is 0. The van der Waals surface area contributed by atoms with E-state index in [2.05, 4.69) is 85.4 Å². The third-order valence-electron chi connectivity index (χ3n) is 7.50. The fourth-order valence-corrected chi connectivity index (χ4v) is 5.58. The van der Waals surface area contributed by atoms with Crippen molar-refractivity contribution in [2.45, 2.75) is 6.92 Å². The van der Waals surface area contributed by atoms with E-state index in [1.54, 1.807) is 6.07 Å². The fraction of sp³-hybridized carbons (Fsp3) is 0.0571. The van der Waals surface area contributed by atoms with Gasteiger partial charge in [0.2, 0.25) is 5.69 Å². The molecule has 2 heterocycles. The summed E-state index contributed by atoms with van der Waals surface area (Å²) in [6, 6.07) is 36.4. The minimum atomic E-state index is -0.289. The first-order valence-corrected chi connectivity index (χ1v) is 12.8. The van der Waals surface area contributed by atoms with E-state index in [0.29, 0.717) is 11.1 Å². The molecule has 38 heavy (non-hydrogen) atoms. The van der Waals surface area contributed by atoms with Crippen LogP contribution < -0.4 is 4.57 Å². The van der Waals surface area contributed by atoms with Gasteiger partial charge in [0.25, 0.3) is 0 Å². The molecule has 7 rings (SSSR count). The molecule has 0 amide bonds. The second kappa shape index (κ2) is 8.67. The van der Waals surface area contributed by atoms with E-state index >= 15 is 4.39 Å². The predicted octanol–water partition coefficient (Wildman–Crippen LogP) is 9.01. The third-order valence-corrected chi connectivity index (χ3v) is 7.50. The Morgan fingerprint density at radius 2 is 1.29 bits per heavy atom. The molecular weight excluding hydrogens is 469 g/mol. The summed E-state index contributed by atoms with van der Waals surface area (Å²) in [6.45, 7) is 2.10. The predicted molar refractivity (Wildman–Crippen MR) is 153 cm³/mol. The standard InChI is InChI=1S/C35H25FNO/c1-22-12-16-28-29-17-18-30(36)33(26-14-13-24-10-6-7-11-25(24)20-26)35(29)38-34(28)32(22)31-19-15-27(21-37(31)2)23-8-4-3-5-9-23/h3-21H,1-2H3/q+1. The maximum Gasteiger partial charge on any atom is 0.216 e. The Morgan fingerprint density at radius 1 is 0.605 bits per heavy atom. The molecule has 182 valence electrons. The maximum atomic E-state index is 15.4. The van der Waals surface area contributed by atoms with Crippen LogP contribution in [0.2, 0.25) is 0 Å². The Labute approximate surface area is 220 Å². The molecule has 5 aromatic carbocycles. The summed E-state index contributed by atoms with van der Waals surface area (Å²) in [7, 11) is 2.06. The summed E-state index contributed by atoms with van der Waals surface area (Å²) in [5.74, 6) is -0.289. The van der Waals surface area contributed by atoms with Crippen LogP contribution in [-0.2, 0) is 7.05 Å². The molecule has 2 aromatic heterocycles. The molecule has 0 bridgehead atoms. The van der Waals surface area contributed by atoms with Crippen LogP contribution in [0.15, 0.2) is 120 Å². The highest BCUT2D eigenvalue weighted by atomic mass is 19.1. The van der Waals surface area contributed by atoms with E-state index in [0.717, 1.165) is 55.1 Å². The first kappa shape index (κ1) is 22.4. The molecule has 2 nitrogen and oxygen atoms in total. The van der Waals surface area contributed by atoms with Crippen LogP contribution in [0.3, 0.4) is 0 Å². The smallest absolute Gasteiger partial charge is 0.216 e. The van der Waals surface area contributed by atoms with Crippen molar-refractivity contribution in [2.75, 3.05) is 0 Å². The van der Waals surface area contributed by atoms with E-state index in [-0.39, 0.29) is 5.82 Å². The second-order valence-corrected chi connectivity index (χ2v) is 9.88. The molecule has 7 aromatic rings. The molecular formula is C35H25FNO+.